The standard InChI is InChI=1S/C37H44N4O7S/c1-21(42)38-27-11-9-23-16-32(46-2)35(47-3)36(48-4)34(23)25-10-12-28(31(43)17-26(25)27)39-29(13-14-49-5)37(45)40-18-22-15-24(20-40)30-7-6-8-33(44)41(30)19-22/h6-8,10,12,16-17,22,24,27,29H,9,11,13-15,18-20H2,1-5H3,(H,38,42)(H,39,43)/t22-,24+,27-,29+/m0/s1. The van der Waals surface area contributed by atoms with Gasteiger partial charge in [0.15, 0.2) is 11.5 Å². The number of anilines is 1. The molecule has 1 aromatic heterocycles. The summed E-state index contributed by atoms with van der Waals surface area (Å²) < 4.78 is 19.1. The number of aromatic nitrogens is 1. The Bertz CT molecular complexity index is 1880. The number of aryl methyl sites for hydroxylation is 1. The summed E-state index contributed by atoms with van der Waals surface area (Å²) in [7, 11) is 4.68. The Morgan fingerprint density at radius 1 is 1.00 bits per heavy atom. The van der Waals surface area contributed by atoms with Crippen molar-refractivity contribution in [2.45, 2.75) is 57.2 Å². The maximum absolute atomic E-state index is 14.3. The van der Waals surface area contributed by atoms with Gasteiger partial charge in [-0.1, -0.05) is 12.1 Å². The van der Waals surface area contributed by atoms with Gasteiger partial charge in [-0.3, -0.25) is 19.2 Å². The van der Waals surface area contributed by atoms with Crippen molar-refractivity contribution < 1.29 is 23.8 Å². The molecule has 11 nitrogen and oxygen atoms in total. The number of ether oxygens (including phenoxy) is 3. The molecule has 3 aliphatic rings. The molecule has 1 aliphatic carbocycles. The molecule has 4 atom stereocenters. The zero-order chi connectivity index (χ0) is 34.8. The maximum Gasteiger partial charge on any atom is 0.250 e. The van der Waals surface area contributed by atoms with Crippen LogP contribution in [0.5, 0.6) is 17.2 Å². The third-order valence-corrected chi connectivity index (χ3v) is 10.6. The van der Waals surface area contributed by atoms with Crippen LogP contribution in [0.4, 0.5) is 5.69 Å². The van der Waals surface area contributed by atoms with Crippen LogP contribution < -0.4 is 35.8 Å². The molecule has 3 aromatic rings. The van der Waals surface area contributed by atoms with Crippen molar-refractivity contribution in [2.24, 2.45) is 5.92 Å². The molecular weight excluding hydrogens is 644 g/mol. The smallest absolute Gasteiger partial charge is 0.250 e. The monoisotopic (exact) mass is 688 g/mol. The fourth-order valence-electron chi connectivity index (χ4n) is 7.80. The first kappa shape index (κ1) is 34.4. The molecule has 0 unspecified atom stereocenters. The normalized spacial score (nSPS) is 19.7. The summed E-state index contributed by atoms with van der Waals surface area (Å²) in [6, 6.07) is 11.4. The van der Waals surface area contributed by atoms with Crippen LogP contribution in [0.1, 0.15) is 55.0 Å². The van der Waals surface area contributed by atoms with E-state index in [-0.39, 0.29) is 34.6 Å². The quantitative estimate of drug-likeness (QED) is 0.322. The van der Waals surface area contributed by atoms with Gasteiger partial charge in [-0.2, -0.15) is 11.8 Å². The number of fused-ring (bicyclic) bond motifs is 7. The van der Waals surface area contributed by atoms with E-state index in [0.717, 1.165) is 34.6 Å². The number of hydrogen-bond donors (Lipinski definition) is 2. The molecule has 0 saturated carbocycles. The van der Waals surface area contributed by atoms with Gasteiger partial charge in [-0.05, 0) is 84.6 Å². The minimum absolute atomic E-state index is 0.00313. The number of thioether (sulfide) groups is 1. The Hall–Kier alpha value is -4.45. The molecule has 2 amide bonds. The van der Waals surface area contributed by atoms with Crippen LogP contribution in [0, 0.1) is 5.92 Å². The fraction of sp³-hybridized carbons (Fsp3) is 0.459. The zero-order valence-electron chi connectivity index (χ0n) is 28.7. The predicted molar refractivity (Wildman–Crippen MR) is 191 cm³/mol. The van der Waals surface area contributed by atoms with Gasteiger partial charge >= 0.3 is 0 Å². The van der Waals surface area contributed by atoms with E-state index in [1.54, 1.807) is 57.4 Å². The Kier molecular flexibility index (Phi) is 10.2. The number of pyridine rings is 1. The van der Waals surface area contributed by atoms with Crippen LogP contribution in [0.2, 0.25) is 0 Å². The van der Waals surface area contributed by atoms with Gasteiger partial charge in [0.25, 0.3) is 5.56 Å². The number of carbonyl (C=O) groups excluding carboxylic acids is 2. The second-order valence-corrected chi connectivity index (χ2v) is 14.0. The minimum atomic E-state index is -0.628. The Labute approximate surface area is 290 Å². The van der Waals surface area contributed by atoms with E-state index < -0.39 is 12.1 Å². The minimum Gasteiger partial charge on any atom is -0.493 e. The Morgan fingerprint density at radius 3 is 2.51 bits per heavy atom. The summed E-state index contributed by atoms with van der Waals surface area (Å²) in [6.45, 7) is 3.15. The van der Waals surface area contributed by atoms with E-state index in [0.29, 0.717) is 67.4 Å². The molecule has 2 bridgehead atoms. The summed E-state index contributed by atoms with van der Waals surface area (Å²) in [6.07, 6.45) is 4.61. The SMILES string of the molecule is COc1cc2c(c(OC)c1OC)-c1ccc(N[C@H](CCSC)C(=O)N3C[C@@H]4C[C@H](C3)c3cccc(=O)n3C4)c(=O)cc1[C@@H](NC(C)=O)CC2. The summed E-state index contributed by atoms with van der Waals surface area (Å²) in [5.74, 6) is 2.17. The lowest BCUT2D eigenvalue weighted by Gasteiger charge is -2.43. The highest BCUT2D eigenvalue weighted by Gasteiger charge is 2.38. The number of rotatable bonds is 10. The van der Waals surface area contributed by atoms with Gasteiger partial charge in [0.2, 0.25) is 23.0 Å². The highest BCUT2D eigenvalue weighted by Crippen LogP contribution is 2.50. The van der Waals surface area contributed by atoms with Crippen LogP contribution in [0.3, 0.4) is 0 Å². The van der Waals surface area contributed by atoms with Crippen molar-refractivity contribution in [3.8, 4) is 28.4 Å². The van der Waals surface area contributed by atoms with Crippen molar-refractivity contribution in [1.29, 1.82) is 0 Å². The molecule has 12 heteroatoms. The van der Waals surface area contributed by atoms with E-state index in [1.165, 1.54) is 6.92 Å². The van der Waals surface area contributed by atoms with Gasteiger partial charge in [-0.25, -0.2) is 0 Å². The first-order valence-electron chi connectivity index (χ1n) is 16.7. The van der Waals surface area contributed by atoms with Crippen molar-refractivity contribution in [1.82, 2.24) is 14.8 Å². The second-order valence-electron chi connectivity index (χ2n) is 13.0. The third kappa shape index (κ3) is 6.75. The van der Waals surface area contributed by atoms with Crippen LogP contribution in [-0.4, -0.2) is 73.8 Å². The lowest BCUT2D eigenvalue weighted by Crippen LogP contribution is -2.53. The number of hydrogen-bond acceptors (Lipinski definition) is 9. The lowest BCUT2D eigenvalue weighted by atomic mass is 9.83. The van der Waals surface area contributed by atoms with E-state index in [9.17, 15) is 19.2 Å². The second kappa shape index (κ2) is 14.6. The molecule has 2 aromatic carbocycles. The highest BCUT2D eigenvalue weighted by atomic mass is 32.2. The van der Waals surface area contributed by atoms with Crippen molar-refractivity contribution >= 4 is 29.3 Å². The number of amides is 2. The largest absolute Gasteiger partial charge is 0.493 e. The molecule has 49 heavy (non-hydrogen) atoms. The predicted octanol–water partition coefficient (Wildman–Crippen LogP) is 4.20. The average molecular weight is 689 g/mol. The molecule has 260 valence electrons. The number of carbonyl (C=O) groups is 2. The first-order chi connectivity index (χ1) is 23.7. The topological polar surface area (TPSA) is 128 Å². The van der Waals surface area contributed by atoms with Crippen LogP contribution in [0.25, 0.3) is 11.1 Å². The average Bonchev–Trinajstić information content (AvgIpc) is 3.33. The molecule has 1 saturated heterocycles. The lowest BCUT2D eigenvalue weighted by molar-refractivity contribution is -0.134. The number of benzene rings is 1. The number of likely N-dealkylation sites (tertiary alicyclic amines) is 1. The van der Waals surface area contributed by atoms with Crippen molar-refractivity contribution in [2.75, 3.05) is 51.7 Å². The van der Waals surface area contributed by atoms with Crippen LogP contribution in [-0.2, 0) is 22.6 Å². The molecule has 0 radical (unpaired) electrons. The van der Waals surface area contributed by atoms with Crippen LogP contribution in [0.15, 0.2) is 52.1 Å². The number of piperidine rings is 1. The first-order valence-corrected chi connectivity index (χ1v) is 18.1. The number of nitrogens with one attached hydrogen (secondary N) is 2. The van der Waals surface area contributed by atoms with E-state index in [1.807, 2.05) is 33.9 Å². The summed E-state index contributed by atoms with van der Waals surface area (Å²) in [5, 5.41) is 6.39. The van der Waals surface area contributed by atoms with Gasteiger partial charge in [0, 0.05) is 49.8 Å². The van der Waals surface area contributed by atoms with E-state index in [4.69, 9.17) is 14.2 Å². The van der Waals surface area contributed by atoms with Gasteiger partial charge in [-0.15, -0.1) is 0 Å². The molecule has 1 fully saturated rings. The van der Waals surface area contributed by atoms with Crippen LogP contribution >= 0.6 is 11.8 Å². The summed E-state index contributed by atoms with van der Waals surface area (Å²) in [5.41, 5.74) is 4.06. The zero-order valence-corrected chi connectivity index (χ0v) is 29.5. The fourth-order valence-corrected chi connectivity index (χ4v) is 8.28. The van der Waals surface area contributed by atoms with Gasteiger partial charge in [0.1, 0.15) is 6.04 Å². The molecule has 6 rings (SSSR count). The third-order valence-electron chi connectivity index (χ3n) is 9.95. The molecule has 0 spiro atoms. The maximum atomic E-state index is 14.3. The molecular formula is C37H44N4O7S. The highest BCUT2D eigenvalue weighted by molar-refractivity contribution is 7.98. The van der Waals surface area contributed by atoms with Gasteiger partial charge in [0.05, 0.1) is 33.1 Å². The van der Waals surface area contributed by atoms with Crippen molar-refractivity contribution in [3.05, 3.63) is 79.9 Å². The van der Waals surface area contributed by atoms with E-state index >= 15 is 0 Å². The van der Waals surface area contributed by atoms with Gasteiger partial charge < -0.3 is 34.3 Å². The summed E-state index contributed by atoms with van der Waals surface area (Å²) in [4.78, 5) is 55.1. The Morgan fingerprint density at radius 2 is 1.80 bits per heavy atom. The molecule has 3 heterocycles. The Balaban J connectivity index is 1.39. The summed E-state index contributed by atoms with van der Waals surface area (Å²) >= 11 is 1.64. The van der Waals surface area contributed by atoms with Crippen molar-refractivity contribution in [3.63, 3.8) is 0 Å². The molecule has 2 N–H and O–H groups in total. The number of nitrogens with zero attached hydrogens (tertiary/aromatic N) is 2. The van der Waals surface area contributed by atoms with E-state index in [2.05, 4.69) is 10.6 Å². The number of methoxy groups -OCH3 is 3. The molecule has 2 aliphatic heterocycles.